The summed E-state index contributed by atoms with van der Waals surface area (Å²) < 4.78 is 0. The van der Waals surface area contributed by atoms with E-state index in [0.29, 0.717) is 5.92 Å². The lowest BCUT2D eigenvalue weighted by Crippen LogP contribution is -2.53. The van der Waals surface area contributed by atoms with Crippen LogP contribution in [0.1, 0.15) is 20.8 Å². The van der Waals surface area contributed by atoms with Crippen molar-refractivity contribution in [3.05, 3.63) is 0 Å². The van der Waals surface area contributed by atoms with E-state index in [1.165, 1.54) is 0 Å². The van der Waals surface area contributed by atoms with Gasteiger partial charge < -0.3 is 11.1 Å². The van der Waals surface area contributed by atoms with E-state index in [4.69, 9.17) is 5.73 Å². The molecule has 1 atom stereocenters. The highest BCUT2D eigenvalue weighted by molar-refractivity contribution is 4.76. The normalized spacial score (nSPS) is 18.8. The van der Waals surface area contributed by atoms with Crippen LogP contribution >= 0.6 is 0 Å². The molecule has 0 heterocycles. The van der Waals surface area contributed by atoms with Crippen molar-refractivity contribution in [2.75, 3.05) is 7.05 Å². The smallest absolute Gasteiger partial charge is 0.0654 e. The minimum atomic E-state index is -0.208. The van der Waals surface area contributed by atoms with Crippen LogP contribution in [-0.2, 0) is 0 Å². The van der Waals surface area contributed by atoms with E-state index in [9.17, 15) is 0 Å². The van der Waals surface area contributed by atoms with Gasteiger partial charge >= 0.3 is 0 Å². The van der Waals surface area contributed by atoms with E-state index in [-0.39, 0.29) is 5.66 Å². The second-order valence-corrected chi connectivity index (χ2v) is 2.69. The van der Waals surface area contributed by atoms with Crippen molar-refractivity contribution in [1.29, 1.82) is 0 Å². The first kappa shape index (κ1) is 7.92. The van der Waals surface area contributed by atoms with Crippen molar-refractivity contribution in [1.82, 2.24) is 5.32 Å². The molecule has 0 saturated carbocycles. The van der Waals surface area contributed by atoms with Gasteiger partial charge in [0.2, 0.25) is 0 Å². The Labute approximate surface area is 51.5 Å². The fourth-order valence-corrected chi connectivity index (χ4v) is 0.289. The molecule has 2 heteroatoms. The third-order valence-electron chi connectivity index (χ3n) is 1.74. The van der Waals surface area contributed by atoms with Crippen LogP contribution in [0, 0.1) is 5.92 Å². The summed E-state index contributed by atoms with van der Waals surface area (Å²) in [7, 11) is 1.88. The Hall–Kier alpha value is -0.0800. The van der Waals surface area contributed by atoms with Gasteiger partial charge in [0, 0.05) is 0 Å². The summed E-state index contributed by atoms with van der Waals surface area (Å²) in [6, 6.07) is 0. The van der Waals surface area contributed by atoms with Crippen LogP contribution in [0.5, 0.6) is 0 Å². The van der Waals surface area contributed by atoms with Crippen LogP contribution in [0.25, 0.3) is 0 Å². The summed E-state index contributed by atoms with van der Waals surface area (Å²) in [4.78, 5) is 0. The van der Waals surface area contributed by atoms with Crippen LogP contribution in [0.3, 0.4) is 0 Å². The summed E-state index contributed by atoms with van der Waals surface area (Å²) in [5.41, 5.74) is 5.54. The molecule has 3 N–H and O–H groups in total. The predicted octanol–water partition coefficient (Wildman–Crippen LogP) is 0.537. The Bertz CT molecular complexity index is 66.9. The highest BCUT2D eigenvalue weighted by Gasteiger charge is 2.18. The van der Waals surface area contributed by atoms with E-state index in [1.807, 2.05) is 14.0 Å². The van der Waals surface area contributed by atoms with E-state index in [2.05, 4.69) is 19.2 Å². The molecule has 0 aliphatic heterocycles. The minimum Gasteiger partial charge on any atom is -0.313 e. The van der Waals surface area contributed by atoms with Crippen LogP contribution < -0.4 is 11.1 Å². The fourth-order valence-electron chi connectivity index (χ4n) is 0.289. The van der Waals surface area contributed by atoms with Gasteiger partial charge in [-0.3, -0.25) is 0 Å². The van der Waals surface area contributed by atoms with Gasteiger partial charge in [0.25, 0.3) is 0 Å². The molecule has 0 bridgehead atoms. The summed E-state index contributed by atoms with van der Waals surface area (Å²) in [5, 5.41) is 3.02. The molecule has 0 aliphatic carbocycles. The molecule has 0 aromatic carbocycles. The van der Waals surface area contributed by atoms with E-state index in [1.54, 1.807) is 0 Å². The lowest BCUT2D eigenvalue weighted by molar-refractivity contribution is 0.291. The molecular formula is C6H16N2. The first-order chi connectivity index (χ1) is 3.50. The SMILES string of the molecule is CN[C@@](C)(N)C(C)C. The average Bonchev–Trinajstić information content (AvgIpc) is 1.67. The molecule has 0 aromatic rings. The van der Waals surface area contributed by atoms with Crippen LogP contribution in [0.15, 0.2) is 0 Å². The van der Waals surface area contributed by atoms with Crippen molar-refractivity contribution in [3.63, 3.8) is 0 Å². The largest absolute Gasteiger partial charge is 0.313 e. The van der Waals surface area contributed by atoms with Gasteiger partial charge in [0.1, 0.15) is 0 Å². The van der Waals surface area contributed by atoms with Gasteiger partial charge in [-0.25, -0.2) is 0 Å². The van der Waals surface area contributed by atoms with E-state index >= 15 is 0 Å². The minimum absolute atomic E-state index is 0.208. The van der Waals surface area contributed by atoms with Gasteiger partial charge in [0.15, 0.2) is 0 Å². The molecule has 0 amide bonds. The molecule has 0 saturated heterocycles. The van der Waals surface area contributed by atoms with Crippen LogP contribution in [0.2, 0.25) is 0 Å². The first-order valence-corrected chi connectivity index (χ1v) is 2.98. The summed E-state index contributed by atoms with van der Waals surface area (Å²) >= 11 is 0. The number of rotatable bonds is 2. The van der Waals surface area contributed by atoms with Crippen LogP contribution in [-0.4, -0.2) is 12.7 Å². The van der Waals surface area contributed by atoms with Crippen molar-refractivity contribution < 1.29 is 0 Å². The molecule has 0 spiro atoms. The summed E-state index contributed by atoms with van der Waals surface area (Å²) in [6.07, 6.45) is 0. The van der Waals surface area contributed by atoms with Crippen molar-refractivity contribution in [2.24, 2.45) is 11.7 Å². The standard InChI is InChI=1S/C6H16N2/c1-5(2)6(3,7)8-4/h5,8H,7H2,1-4H3/t6-/m1/s1. The Morgan fingerprint density at radius 3 is 1.88 bits per heavy atom. The van der Waals surface area contributed by atoms with Crippen molar-refractivity contribution >= 4 is 0 Å². The second-order valence-electron chi connectivity index (χ2n) is 2.69. The maximum atomic E-state index is 5.75. The lowest BCUT2D eigenvalue weighted by Gasteiger charge is -2.28. The van der Waals surface area contributed by atoms with Crippen molar-refractivity contribution in [2.45, 2.75) is 26.4 Å². The molecule has 0 unspecified atom stereocenters. The van der Waals surface area contributed by atoms with Crippen molar-refractivity contribution in [3.8, 4) is 0 Å². The third kappa shape index (κ3) is 1.80. The van der Waals surface area contributed by atoms with Gasteiger partial charge in [-0.2, -0.15) is 0 Å². The highest BCUT2D eigenvalue weighted by atomic mass is 15.1. The zero-order valence-electron chi connectivity index (χ0n) is 6.15. The molecule has 2 nitrogen and oxygen atoms in total. The lowest BCUT2D eigenvalue weighted by atomic mass is 10.00. The summed E-state index contributed by atoms with van der Waals surface area (Å²) in [5.74, 6) is 0.479. The molecule has 8 heavy (non-hydrogen) atoms. The second kappa shape index (κ2) is 2.46. The van der Waals surface area contributed by atoms with E-state index < -0.39 is 0 Å². The summed E-state index contributed by atoms with van der Waals surface area (Å²) in [6.45, 7) is 6.17. The zero-order valence-corrected chi connectivity index (χ0v) is 6.15. The Morgan fingerprint density at radius 1 is 1.50 bits per heavy atom. The zero-order chi connectivity index (χ0) is 6.78. The maximum absolute atomic E-state index is 5.75. The topological polar surface area (TPSA) is 38.0 Å². The number of hydrogen-bond donors (Lipinski definition) is 2. The first-order valence-electron chi connectivity index (χ1n) is 2.98. The molecular weight excluding hydrogens is 100 g/mol. The molecule has 0 fully saturated rings. The Morgan fingerprint density at radius 2 is 1.88 bits per heavy atom. The highest BCUT2D eigenvalue weighted by Crippen LogP contribution is 2.06. The maximum Gasteiger partial charge on any atom is 0.0654 e. The fraction of sp³-hybridized carbons (Fsp3) is 1.00. The third-order valence-corrected chi connectivity index (χ3v) is 1.74. The predicted molar refractivity (Wildman–Crippen MR) is 36.5 cm³/mol. The van der Waals surface area contributed by atoms with Gasteiger partial charge in [-0.1, -0.05) is 13.8 Å². The monoisotopic (exact) mass is 116 g/mol. The Kier molecular flexibility index (Phi) is 2.44. The van der Waals surface area contributed by atoms with Gasteiger partial charge in [0.05, 0.1) is 5.66 Å². The number of nitrogens with one attached hydrogen (secondary N) is 1. The van der Waals surface area contributed by atoms with Gasteiger partial charge in [-0.15, -0.1) is 0 Å². The molecule has 0 aliphatic rings. The number of hydrogen-bond acceptors (Lipinski definition) is 2. The molecule has 0 rings (SSSR count). The quantitative estimate of drug-likeness (QED) is 0.517. The average molecular weight is 116 g/mol. The van der Waals surface area contributed by atoms with Gasteiger partial charge in [-0.05, 0) is 19.9 Å². The van der Waals surface area contributed by atoms with E-state index in [0.717, 1.165) is 0 Å². The Balaban J connectivity index is 3.71. The molecule has 0 radical (unpaired) electrons. The molecule has 50 valence electrons. The number of nitrogens with two attached hydrogens (primary N) is 1. The van der Waals surface area contributed by atoms with Crippen LogP contribution in [0.4, 0.5) is 0 Å². The molecule has 0 aromatic heterocycles.